The molecule has 0 radical (unpaired) electrons. The number of nitrogen functional groups attached to an aromatic ring is 1. The third-order valence-electron chi connectivity index (χ3n) is 3.48. The summed E-state index contributed by atoms with van der Waals surface area (Å²) < 4.78 is 1.80. The normalized spacial score (nSPS) is 10.9. The van der Waals surface area contributed by atoms with E-state index in [1.165, 1.54) is 0 Å². The Hall–Kier alpha value is -2.76. The van der Waals surface area contributed by atoms with Crippen molar-refractivity contribution in [1.82, 2.24) is 20.1 Å². The van der Waals surface area contributed by atoms with Crippen molar-refractivity contribution < 1.29 is 4.79 Å². The molecule has 0 aliphatic heterocycles. The number of hydrogen-bond acceptors (Lipinski definition) is 3. The third kappa shape index (κ3) is 2.74. The van der Waals surface area contributed by atoms with Crippen LogP contribution in [0.15, 0.2) is 36.5 Å². The summed E-state index contributed by atoms with van der Waals surface area (Å²) in [5.74, 6) is -0.119. The Morgan fingerprint density at radius 1 is 1.38 bits per heavy atom. The number of nitrogens with zero attached hydrogens (tertiary/aromatic N) is 2. The van der Waals surface area contributed by atoms with Gasteiger partial charge in [-0.2, -0.15) is 5.10 Å². The molecule has 0 aliphatic rings. The first-order chi connectivity index (χ1) is 10.1. The van der Waals surface area contributed by atoms with Crippen molar-refractivity contribution in [3.8, 4) is 0 Å². The molecule has 2 aromatic heterocycles. The fraction of sp³-hybridized carbons (Fsp3) is 0.200. The number of hydrogen-bond donors (Lipinski definition) is 3. The number of nitrogens with one attached hydrogen (secondary N) is 2. The molecular weight excluding hydrogens is 266 g/mol. The van der Waals surface area contributed by atoms with E-state index in [4.69, 9.17) is 5.73 Å². The number of anilines is 1. The van der Waals surface area contributed by atoms with E-state index in [9.17, 15) is 4.79 Å². The highest BCUT2D eigenvalue weighted by Gasteiger charge is 2.09. The smallest absolute Gasteiger partial charge is 0.267 e. The lowest BCUT2D eigenvalue weighted by atomic mass is 10.2. The maximum atomic E-state index is 12.1. The molecule has 0 fully saturated rings. The summed E-state index contributed by atoms with van der Waals surface area (Å²) in [5.41, 5.74) is 8.95. The van der Waals surface area contributed by atoms with Crippen LogP contribution in [0.25, 0.3) is 10.9 Å². The molecule has 0 atom stereocenters. The Labute approximate surface area is 121 Å². The SMILES string of the molecule is Cn1nccc1CCNC(=O)c1cc2cc(N)ccc2[nH]1. The van der Waals surface area contributed by atoms with Crippen molar-refractivity contribution in [2.24, 2.45) is 7.05 Å². The summed E-state index contributed by atoms with van der Waals surface area (Å²) in [6.07, 6.45) is 2.49. The molecule has 0 unspecified atom stereocenters. The molecule has 0 aliphatic carbocycles. The van der Waals surface area contributed by atoms with Crippen molar-refractivity contribution in [2.45, 2.75) is 6.42 Å². The van der Waals surface area contributed by atoms with Crippen molar-refractivity contribution in [2.75, 3.05) is 12.3 Å². The second-order valence-corrected chi connectivity index (χ2v) is 4.98. The summed E-state index contributed by atoms with van der Waals surface area (Å²) in [6.45, 7) is 0.565. The molecule has 3 rings (SSSR count). The number of H-pyrrole nitrogens is 1. The van der Waals surface area contributed by atoms with Crippen LogP contribution in [0.3, 0.4) is 0 Å². The van der Waals surface area contributed by atoms with E-state index in [-0.39, 0.29) is 5.91 Å². The zero-order valence-corrected chi connectivity index (χ0v) is 11.8. The fourth-order valence-corrected chi connectivity index (χ4v) is 2.32. The van der Waals surface area contributed by atoms with Crippen molar-refractivity contribution in [3.63, 3.8) is 0 Å². The Bertz CT molecular complexity index is 786. The molecule has 1 aromatic carbocycles. The zero-order valence-electron chi connectivity index (χ0n) is 11.8. The van der Waals surface area contributed by atoms with Crippen LogP contribution < -0.4 is 11.1 Å². The lowest BCUT2D eigenvalue weighted by Crippen LogP contribution is -2.26. The van der Waals surface area contributed by atoms with E-state index in [1.807, 2.05) is 37.4 Å². The second-order valence-electron chi connectivity index (χ2n) is 4.98. The average molecular weight is 283 g/mol. The molecule has 21 heavy (non-hydrogen) atoms. The molecule has 1 amide bonds. The average Bonchev–Trinajstić information content (AvgIpc) is 3.05. The van der Waals surface area contributed by atoms with Crippen LogP contribution in [0.4, 0.5) is 5.69 Å². The molecule has 6 nitrogen and oxygen atoms in total. The fourth-order valence-electron chi connectivity index (χ4n) is 2.32. The molecule has 2 heterocycles. The van der Waals surface area contributed by atoms with E-state index >= 15 is 0 Å². The van der Waals surface area contributed by atoms with Gasteiger partial charge in [0.2, 0.25) is 0 Å². The first kappa shape index (κ1) is 13.2. The number of aryl methyl sites for hydroxylation is 1. The summed E-state index contributed by atoms with van der Waals surface area (Å²) in [7, 11) is 1.89. The predicted molar refractivity (Wildman–Crippen MR) is 82.0 cm³/mol. The molecular formula is C15H17N5O. The lowest BCUT2D eigenvalue weighted by Gasteiger charge is -2.04. The number of aromatic nitrogens is 3. The van der Waals surface area contributed by atoms with Gasteiger partial charge in [0.1, 0.15) is 5.69 Å². The van der Waals surface area contributed by atoms with Gasteiger partial charge in [0.05, 0.1) is 0 Å². The summed E-state index contributed by atoms with van der Waals surface area (Å²) in [4.78, 5) is 15.2. The summed E-state index contributed by atoms with van der Waals surface area (Å²) in [6, 6.07) is 9.28. The third-order valence-corrected chi connectivity index (χ3v) is 3.48. The number of carbonyl (C=O) groups excluding carboxylic acids is 1. The van der Waals surface area contributed by atoms with Gasteiger partial charge < -0.3 is 16.0 Å². The van der Waals surface area contributed by atoms with E-state index in [1.54, 1.807) is 10.9 Å². The first-order valence-corrected chi connectivity index (χ1v) is 6.77. The van der Waals surface area contributed by atoms with E-state index in [0.29, 0.717) is 17.9 Å². The maximum Gasteiger partial charge on any atom is 0.267 e. The number of fused-ring (bicyclic) bond motifs is 1. The maximum absolute atomic E-state index is 12.1. The second kappa shape index (κ2) is 5.32. The minimum absolute atomic E-state index is 0.119. The van der Waals surface area contributed by atoms with Crippen LogP contribution in [-0.4, -0.2) is 27.2 Å². The van der Waals surface area contributed by atoms with Crippen LogP contribution in [0.5, 0.6) is 0 Å². The van der Waals surface area contributed by atoms with Crippen LogP contribution in [0.2, 0.25) is 0 Å². The number of benzene rings is 1. The van der Waals surface area contributed by atoms with Gasteiger partial charge in [0.15, 0.2) is 0 Å². The van der Waals surface area contributed by atoms with Gasteiger partial charge in [-0.05, 0) is 30.3 Å². The lowest BCUT2D eigenvalue weighted by molar-refractivity contribution is 0.0950. The Kier molecular flexibility index (Phi) is 3.35. The molecule has 0 spiro atoms. The molecule has 0 bridgehead atoms. The highest BCUT2D eigenvalue weighted by molar-refractivity contribution is 5.98. The molecule has 0 saturated heterocycles. The minimum Gasteiger partial charge on any atom is -0.399 e. The van der Waals surface area contributed by atoms with Gasteiger partial charge in [-0.1, -0.05) is 0 Å². The van der Waals surface area contributed by atoms with Crippen LogP contribution >= 0.6 is 0 Å². The van der Waals surface area contributed by atoms with Crippen molar-refractivity contribution in [1.29, 1.82) is 0 Å². The van der Waals surface area contributed by atoms with Crippen molar-refractivity contribution >= 4 is 22.5 Å². The number of rotatable bonds is 4. The monoisotopic (exact) mass is 283 g/mol. The van der Waals surface area contributed by atoms with Gasteiger partial charge in [0.25, 0.3) is 5.91 Å². The molecule has 0 saturated carbocycles. The van der Waals surface area contributed by atoms with Gasteiger partial charge >= 0.3 is 0 Å². The Balaban J connectivity index is 1.65. The number of nitrogens with two attached hydrogens (primary N) is 1. The minimum atomic E-state index is -0.119. The highest BCUT2D eigenvalue weighted by Crippen LogP contribution is 2.18. The largest absolute Gasteiger partial charge is 0.399 e. The molecule has 4 N–H and O–H groups in total. The Morgan fingerprint density at radius 3 is 3.00 bits per heavy atom. The summed E-state index contributed by atoms with van der Waals surface area (Å²) >= 11 is 0. The van der Waals surface area contributed by atoms with E-state index in [0.717, 1.165) is 23.0 Å². The van der Waals surface area contributed by atoms with E-state index < -0.39 is 0 Å². The standard InChI is InChI=1S/C15H17N5O/c1-20-12(5-7-18-20)4-6-17-15(21)14-9-10-8-11(16)2-3-13(10)19-14/h2-3,5,7-9,19H,4,6,16H2,1H3,(H,17,21). The number of carbonyl (C=O) groups is 1. The molecule has 3 aromatic rings. The van der Waals surface area contributed by atoms with Gasteiger partial charge in [0, 0.05) is 48.5 Å². The summed E-state index contributed by atoms with van der Waals surface area (Å²) in [5, 5.41) is 7.93. The van der Waals surface area contributed by atoms with E-state index in [2.05, 4.69) is 15.4 Å². The van der Waals surface area contributed by atoms with Gasteiger partial charge in [-0.25, -0.2) is 0 Å². The number of aromatic amines is 1. The molecule has 108 valence electrons. The van der Waals surface area contributed by atoms with Gasteiger partial charge in [-0.3, -0.25) is 9.48 Å². The van der Waals surface area contributed by atoms with Crippen LogP contribution in [0.1, 0.15) is 16.2 Å². The number of amides is 1. The quantitative estimate of drug-likeness (QED) is 0.633. The Morgan fingerprint density at radius 2 is 2.24 bits per heavy atom. The van der Waals surface area contributed by atoms with Gasteiger partial charge in [-0.15, -0.1) is 0 Å². The first-order valence-electron chi connectivity index (χ1n) is 6.77. The molecule has 6 heteroatoms. The highest BCUT2D eigenvalue weighted by atomic mass is 16.1. The predicted octanol–water partition coefficient (Wildman–Crippen LogP) is 1.46. The van der Waals surface area contributed by atoms with Crippen molar-refractivity contribution in [3.05, 3.63) is 47.9 Å². The van der Waals surface area contributed by atoms with Crippen LogP contribution in [-0.2, 0) is 13.5 Å². The van der Waals surface area contributed by atoms with Crippen LogP contribution in [0, 0.1) is 0 Å². The zero-order chi connectivity index (χ0) is 14.8. The topological polar surface area (TPSA) is 88.7 Å².